The minimum Gasteiger partial charge on any atom is -0.305 e. The lowest BCUT2D eigenvalue weighted by atomic mass is 10.1. The molecule has 0 amide bonds. The first-order valence-corrected chi connectivity index (χ1v) is 8.72. The topological polar surface area (TPSA) is 54.5 Å². The van der Waals surface area contributed by atoms with E-state index in [2.05, 4.69) is 16.3 Å². The Labute approximate surface area is 150 Å². The summed E-state index contributed by atoms with van der Waals surface area (Å²) in [5.74, 6) is 0.359. The van der Waals surface area contributed by atoms with Gasteiger partial charge in [0.05, 0.1) is 6.07 Å². The third-order valence-electron chi connectivity index (χ3n) is 3.87. The van der Waals surface area contributed by atoms with Crippen LogP contribution in [0.15, 0.2) is 53.7 Å². The van der Waals surface area contributed by atoms with Crippen molar-refractivity contribution in [3.05, 3.63) is 65.5 Å². The largest absolute Gasteiger partial charge is 0.305 e. The highest BCUT2D eigenvalue weighted by atomic mass is 32.2. The second kappa shape index (κ2) is 7.49. The number of hydrogen-bond donors (Lipinski definition) is 0. The van der Waals surface area contributed by atoms with Crippen molar-refractivity contribution in [2.45, 2.75) is 23.8 Å². The number of rotatable bonds is 5. The Hall–Kier alpha value is -2.65. The Morgan fingerprint density at radius 3 is 2.44 bits per heavy atom. The fourth-order valence-corrected chi connectivity index (χ4v) is 3.36. The summed E-state index contributed by atoms with van der Waals surface area (Å²) in [6, 6.07) is 16.6. The van der Waals surface area contributed by atoms with E-state index < -0.39 is 0 Å². The number of halogens is 1. The molecule has 0 bridgehead atoms. The minimum absolute atomic E-state index is 0.258. The Kier molecular flexibility index (Phi) is 5.15. The number of thioether (sulfide) groups is 1. The second-order valence-electron chi connectivity index (χ2n) is 5.80. The van der Waals surface area contributed by atoms with Gasteiger partial charge in [-0.1, -0.05) is 41.6 Å². The summed E-state index contributed by atoms with van der Waals surface area (Å²) in [6.45, 7) is 2.04. The normalized spacial score (nSPS) is 11.9. The van der Waals surface area contributed by atoms with Gasteiger partial charge in [-0.3, -0.25) is 0 Å². The van der Waals surface area contributed by atoms with Gasteiger partial charge in [-0.15, -0.1) is 10.2 Å². The van der Waals surface area contributed by atoms with Gasteiger partial charge in [-0.2, -0.15) is 5.26 Å². The number of hydrogen-bond acceptors (Lipinski definition) is 4. The van der Waals surface area contributed by atoms with Gasteiger partial charge in [0.25, 0.3) is 0 Å². The summed E-state index contributed by atoms with van der Waals surface area (Å²) in [6.07, 6.45) is 0.639. The quantitative estimate of drug-likeness (QED) is 0.647. The number of aryl methyl sites for hydroxylation is 1. The van der Waals surface area contributed by atoms with Crippen LogP contribution in [0, 0.1) is 24.1 Å². The van der Waals surface area contributed by atoms with E-state index in [0.29, 0.717) is 17.4 Å². The third-order valence-corrected chi connectivity index (χ3v) is 4.99. The van der Waals surface area contributed by atoms with Crippen LogP contribution in [0.1, 0.15) is 11.1 Å². The maximum absolute atomic E-state index is 13.1. The van der Waals surface area contributed by atoms with Gasteiger partial charge in [-0.25, -0.2) is 4.39 Å². The molecular weight excluding hydrogens is 335 g/mol. The Morgan fingerprint density at radius 1 is 1.12 bits per heavy atom. The zero-order valence-corrected chi connectivity index (χ0v) is 14.8. The van der Waals surface area contributed by atoms with Crippen LogP contribution >= 0.6 is 11.8 Å². The van der Waals surface area contributed by atoms with Gasteiger partial charge in [-0.05, 0) is 43.2 Å². The number of benzene rings is 2. The number of nitrogens with zero attached hydrogens (tertiary/aromatic N) is 4. The fourth-order valence-electron chi connectivity index (χ4n) is 2.45. The van der Waals surface area contributed by atoms with Gasteiger partial charge in [0, 0.05) is 12.6 Å². The minimum atomic E-state index is -0.289. The molecule has 0 saturated carbocycles. The van der Waals surface area contributed by atoms with Crippen molar-refractivity contribution in [2.24, 2.45) is 7.05 Å². The van der Waals surface area contributed by atoms with E-state index >= 15 is 0 Å². The van der Waals surface area contributed by atoms with E-state index in [1.54, 1.807) is 12.1 Å². The lowest BCUT2D eigenvalue weighted by Crippen LogP contribution is -2.06. The molecule has 3 rings (SSSR count). The number of aromatic nitrogens is 3. The fraction of sp³-hybridized carbons (Fsp3) is 0.211. The maximum Gasteiger partial charge on any atom is 0.192 e. The van der Waals surface area contributed by atoms with Gasteiger partial charge in [0.2, 0.25) is 0 Å². The average molecular weight is 352 g/mol. The summed E-state index contributed by atoms with van der Waals surface area (Å²) in [5.41, 5.74) is 3.10. The molecule has 4 nitrogen and oxygen atoms in total. The molecule has 6 heteroatoms. The first-order chi connectivity index (χ1) is 12.1. The molecule has 0 aliphatic carbocycles. The average Bonchev–Trinajstić information content (AvgIpc) is 2.97. The zero-order valence-electron chi connectivity index (χ0n) is 14.0. The van der Waals surface area contributed by atoms with Crippen molar-refractivity contribution in [2.75, 3.05) is 0 Å². The summed E-state index contributed by atoms with van der Waals surface area (Å²) < 4.78 is 14.9. The van der Waals surface area contributed by atoms with Gasteiger partial charge >= 0.3 is 0 Å². The standard InChI is InChI=1S/C19H17FN4S/c1-13-3-5-14(6-4-13)11-17(12-21)25-19-23-22-18(24(19)2)15-7-9-16(20)10-8-15/h3-10,17H,11H2,1-2H3/t17-/m1/s1. The van der Waals surface area contributed by atoms with Crippen LogP contribution in [0.4, 0.5) is 4.39 Å². The van der Waals surface area contributed by atoms with Crippen LogP contribution in [0.3, 0.4) is 0 Å². The number of nitriles is 1. The predicted octanol–water partition coefficient (Wildman–Crippen LogP) is 4.16. The Balaban J connectivity index is 1.76. The first-order valence-electron chi connectivity index (χ1n) is 7.84. The molecule has 1 aromatic heterocycles. The Morgan fingerprint density at radius 2 is 1.80 bits per heavy atom. The van der Waals surface area contributed by atoms with Crippen LogP contribution < -0.4 is 0 Å². The van der Waals surface area contributed by atoms with Crippen LogP contribution in [0.2, 0.25) is 0 Å². The molecule has 0 aliphatic heterocycles. The highest BCUT2D eigenvalue weighted by Crippen LogP contribution is 2.27. The molecule has 0 radical (unpaired) electrons. The van der Waals surface area contributed by atoms with E-state index in [-0.39, 0.29) is 11.1 Å². The van der Waals surface area contributed by atoms with Crippen molar-refractivity contribution in [1.82, 2.24) is 14.8 Å². The Bertz CT molecular complexity index is 895. The molecule has 25 heavy (non-hydrogen) atoms. The van der Waals surface area contributed by atoms with Crippen molar-refractivity contribution in [3.8, 4) is 17.5 Å². The second-order valence-corrected chi connectivity index (χ2v) is 6.97. The molecule has 2 aromatic carbocycles. The molecule has 0 fully saturated rings. The summed E-state index contributed by atoms with van der Waals surface area (Å²) in [5, 5.41) is 18.3. The molecular formula is C19H17FN4S. The van der Waals surface area contributed by atoms with Crippen molar-refractivity contribution >= 4 is 11.8 Å². The third kappa shape index (κ3) is 4.06. The van der Waals surface area contributed by atoms with Crippen LogP contribution in [-0.4, -0.2) is 20.0 Å². The van der Waals surface area contributed by atoms with Crippen molar-refractivity contribution < 1.29 is 4.39 Å². The smallest absolute Gasteiger partial charge is 0.192 e. The molecule has 0 aliphatic rings. The van der Waals surface area contributed by atoms with Crippen LogP contribution in [-0.2, 0) is 13.5 Å². The van der Waals surface area contributed by atoms with E-state index in [4.69, 9.17) is 0 Å². The molecule has 0 spiro atoms. The van der Waals surface area contributed by atoms with E-state index in [0.717, 1.165) is 11.1 Å². The van der Waals surface area contributed by atoms with Crippen molar-refractivity contribution in [1.29, 1.82) is 5.26 Å². The van der Waals surface area contributed by atoms with Gasteiger partial charge in [0.1, 0.15) is 11.1 Å². The van der Waals surface area contributed by atoms with E-state index in [9.17, 15) is 9.65 Å². The summed E-state index contributed by atoms with van der Waals surface area (Å²) in [4.78, 5) is 0. The highest BCUT2D eigenvalue weighted by molar-refractivity contribution is 8.00. The molecule has 0 saturated heterocycles. The molecule has 3 aromatic rings. The van der Waals surface area contributed by atoms with Gasteiger partial charge in [0.15, 0.2) is 11.0 Å². The SMILES string of the molecule is Cc1ccc(C[C@H](C#N)Sc2nnc(-c3ccc(F)cc3)n2C)cc1. The molecule has 0 N–H and O–H groups in total. The van der Waals surface area contributed by atoms with Crippen LogP contribution in [0.5, 0.6) is 0 Å². The molecule has 1 atom stereocenters. The zero-order chi connectivity index (χ0) is 17.8. The van der Waals surface area contributed by atoms with Crippen molar-refractivity contribution in [3.63, 3.8) is 0 Å². The predicted molar refractivity (Wildman–Crippen MR) is 96.5 cm³/mol. The molecule has 126 valence electrons. The van der Waals surface area contributed by atoms with E-state index in [1.165, 1.54) is 29.5 Å². The summed E-state index contributed by atoms with van der Waals surface area (Å²) in [7, 11) is 1.85. The molecule has 0 unspecified atom stereocenters. The van der Waals surface area contributed by atoms with E-state index in [1.807, 2.05) is 42.8 Å². The monoisotopic (exact) mass is 352 g/mol. The first kappa shape index (κ1) is 17.2. The lowest BCUT2D eigenvalue weighted by molar-refractivity contribution is 0.628. The lowest BCUT2D eigenvalue weighted by Gasteiger charge is -2.09. The highest BCUT2D eigenvalue weighted by Gasteiger charge is 2.17. The maximum atomic E-state index is 13.1. The van der Waals surface area contributed by atoms with Crippen LogP contribution in [0.25, 0.3) is 11.4 Å². The molecule has 1 heterocycles. The van der Waals surface area contributed by atoms with Gasteiger partial charge < -0.3 is 4.57 Å². The summed E-state index contributed by atoms with van der Waals surface area (Å²) >= 11 is 1.39.